The second-order valence-corrected chi connectivity index (χ2v) is 9.81. The Kier molecular flexibility index (Phi) is 6.68. The van der Waals surface area contributed by atoms with Crippen LogP contribution in [0.25, 0.3) is 11.1 Å². The highest BCUT2D eigenvalue weighted by Gasteiger charge is 2.58. The van der Waals surface area contributed by atoms with Gasteiger partial charge in [-0.15, -0.1) is 0 Å². The number of rotatable bonds is 8. The third-order valence-electron chi connectivity index (χ3n) is 7.71. The minimum Gasteiger partial charge on any atom is -0.496 e. The third kappa shape index (κ3) is 5.02. The van der Waals surface area contributed by atoms with E-state index in [2.05, 4.69) is 70.9 Å². The molecular weight excluding hydrogens is 420 g/mol. The number of nitrogens with zero attached hydrogens (tertiary/aromatic N) is 1. The highest BCUT2D eigenvalue weighted by atomic mass is 16.5. The molecule has 3 aromatic carbocycles. The van der Waals surface area contributed by atoms with E-state index in [1.165, 1.54) is 16.7 Å². The van der Waals surface area contributed by atoms with E-state index in [1.54, 1.807) is 7.11 Å². The molecule has 1 saturated heterocycles. The van der Waals surface area contributed by atoms with Crippen LogP contribution in [0.4, 0.5) is 0 Å². The SMILES string of the molecule is COc1ccccc1CCNC(=O)C1CC12CCN(Cc1ccc(-c3ccccc3)cc1)CC2. The number of amides is 1. The zero-order chi connectivity index (χ0) is 23.4. The molecule has 1 aliphatic heterocycles. The van der Waals surface area contributed by atoms with Crippen LogP contribution in [-0.4, -0.2) is 37.6 Å². The normalized spacial score (nSPS) is 19.0. The van der Waals surface area contributed by atoms with Gasteiger partial charge in [0.1, 0.15) is 5.75 Å². The first kappa shape index (κ1) is 22.7. The summed E-state index contributed by atoms with van der Waals surface area (Å²) in [4.78, 5) is 15.3. The summed E-state index contributed by atoms with van der Waals surface area (Å²) < 4.78 is 5.41. The molecule has 5 rings (SSSR count). The number of nitrogens with one attached hydrogen (secondary N) is 1. The Morgan fingerprint density at radius 2 is 1.62 bits per heavy atom. The second kappa shape index (κ2) is 10.0. The van der Waals surface area contributed by atoms with Crippen molar-refractivity contribution in [2.24, 2.45) is 11.3 Å². The Balaban J connectivity index is 1.07. The lowest BCUT2D eigenvalue weighted by atomic mass is 9.90. The van der Waals surface area contributed by atoms with Gasteiger partial charge in [-0.2, -0.15) is 0 Å². The van der Waals surface area contributed by atoms with Crippen molar-refractivity contribution in [3.8, 4) is 16.9 Å². The summed E-state index contributed by atoms with van der Waals surface area (Å²) in [6, 6.07) is 27.5. The van der Waals surface area contributed by atoms with Crippen molar-refractivity contribution >= 4 is 5.91 Å². The van der Waals surface area contributed by atoms with E-state index in [4.69, 9.17) is 4.74 Å². The van der Waals surface area contributed by atoms with Crippen molar-refractivity contribution in [2.75, 3.05) is 26.7 Å². The summed E-state index contributed by atoms with van der Waals surface area (Å²) >= 11 is 0. The molecule has 1 heterocycles. The quantitative estimate of drug-likeness (QED) is 0.501. The van der Waals surface area contributed by atoms with Gasteiger partial charge in [-0.05, 0) is 72.5 Å². The molecule has 3 aromatic rings. The average Bonchev–Trinajstić information content (AvgIpc) is 3.60. The molecule has 34 heavy (non-hydrogen) atoms. The van der Waals surface area contributed by atoms with Crippen LogP contribution in [0.3, 0.4) is 0 Å². The van der Waals surface area contributed by atoms with E-state index in [1.807, 2.05) is 18.2 Å². The minimum atomic E-state index is 0.192. The molecule has 1 spiro atoms. The number of methoxy groups -OCH3 is 1. The summed E-state index contributed by atoms with van der Waals surface area (Å²) in [5, 5.41) is 3.18. The van der Waals surface area contributed by atoms with Crippen LogP contribution >= 0.6 is 0 Å². The Morgan fingerprint density at radius 1 is 0.941 bits per heavy atom. The van der Waals surface area contributed by atoms with Crippen molar-refractivity contribution in [1.29, 1.82) is 0 Å². The molecule has 1 amide bonds. The number of hydrogen-bond acceptors (Lipinski definition) is 3. The maximum Gasteiger partial charge on any atom is 0.223 e. The summed E-state index contributed by atoms with van der Waals surface area (Å²) in [7, 11) is 1.69. The van der Waals surface area contributed by atoms with Gasteiger partial charge in [-0.3, -0.25) is 9.69 Å². The van der Waals surface area contributed by atoms with Crippen molar-refractivity contribution < 1.29 is 9.53 Å². The first-order valence-corrected chi connectivity index (χ1v) is 12.4. The van der Waals surface area contributed by atoms with E-state index in [9.17, 15) is 4.79 Å². The molecule has 0 radical (unpaired) electrons. The molecule has 1 saturated carbocycles. The number of benzene rings is 3. The van der Waals surface area contributed by atoms with Crippen LogP contribution in [0.2, 0.25) is 0 Å². The van der Waals surface area contributed by atoms with Gasteiger partial charge in [0.05, 0.1) is 7.11 Å². The number of hydrogen-bond donors (Lipinski definition) is 1. The smallest absolute Gasteiger partial charge is 0.223 e. The number of piperidine rings is 1. The fourth-order valence-corrected chi connectivity index (χ4v) is 5.47. The molecule has 0 aromatic heterocycles. The number of para-hydroxylation sites is 1. The van der Waals surface area contributed by atoms with Gasteiger partial charge >= 0.3 is 0 Å². The Morgan fingerprint density at radius 3 is 2.35 bits per heavy atom. The van der Waals surface area contributed by atoms with E-state index in [0.717, 1.165) is 56.6 Å². The number of ether oxygens (including phenoxy) is 1. The van der Waals surface area contributed by atoms with Crippen molar-refractivity contribution in [1.82, 2.24) is 10.2 Å². The van der Waals surface area contributed by atoms with Crippen LogP contribution in [-0.2, 0) is 17.8 Å². The standard InChI is InChI=1S/C30H34N2O2/c1-34-28-10-6-5-9-26(28)15-18-31-29(33)27-21-30(27)16-19-32(20-17-30)22-23-11-13-25(14-12-23)24-7-3-2-4-8-24/h2-14,27H,15-22H2,1H3,(H,31,33). The van der Waals surface area contributed by atoms with Gasteiger partial charge < -0.3 is 10.1 Å². The maximum absolute atomic E-state index is 12.8. The molecule has 0 bridgehead atoms. The lowest BCUT2D eigenvalue weighted by Gasteiger charge is -2.32. The number of carbonyl (C=O) groups excluding carboxylic acids is 1. The molecular formula is C30H34N2O2. The predicted molar refractivity (Wildman–Crippen MR) is 137 cm³/mol. The zero-order valence-electron chi connectivity index (χ0n) is 20.0. The molecule has 4 nitrogen and oxygen atoms in total. The van der Waals surface area contributed by atoms with Gasteiger partial charge in [0.15, 0.2) is 0 Å². The van der Waals surface area contributed by atoms with E-state index >= 15 is 0 Å². The van der Waals surface area contributed by atoms with Crippen LogP contribution in [0, 0.1) is 11.3 Å². The fraction of sp³-hybridized carbons (Fsp3) is 0.367. The Hall–Kier alpha value is -3.11. The molecule has 2 fully saturated rings. The topological polar surface area (TPSA) is 41.6 Å². The molecule has 1 N–H and O–H groups in total. The van der Waals surface area contributed by atoms with Crippen LogP contribution in [0.15, 0.2) is 78.9 Å². The second-order valence-electron chi connectivity index (χ2n) is 9.81. The summed E-state index contributed by atoms with van der Waals surface area (Å²) in [5.41, 5.74) is 5.26. The lowest BCUT2D eigenvalue weighted by molar-refractivity contribution is -0.123. The van der Waals surface area contributed by atoms with Gasteiger partial charge in [0, 0.05) is 19.0 Å². The fourth-order valence-electron chi connectivity index (χ4n) is 5.47. The summed E-state index contributed by atoms with van der Waals surface area (Å²) in [6.45, 7) is 3.80. The zero-order valence-corrected chi connectivity index (χ0v) is 20.0. The van der Waals surface area contributed by atoms with Gasteiger partial charge in [0.25, 0.3) is 0 Å². The minimum absolute atomic E-state index is 0.192. The van der Waals surface area contributed by atoms with Gasteiger partial charge in [-0.1, -0.05) is 72.8 Å². The maximum atomic E-state index is 12.8. The Labute approximate surface area is 202 Å². The van der Waals surface area contributed by atoms with E-state index in [0.29, 0.717) is 6.54 Å². The summed E-state index contributed by atoms with van der Waals surface area (Å²) in [6.07, 6.45) is 4.10. The largest absolute Gasteiger partial charge is 0.496 e. The van der Waals surface area contributed by atoms with Gasteiger partial charge in [-0.25, -0.2) is 0 Å². The molecule has 1 unspecified atom stereocenters. The number of likely N-dealkylation sites (tertiary alicyclic amines) is 1. The molecule has 1 atom stereocenters. The monoisotopic (exact) mass is 454 g/mol. The van der Waals surface area contributed by atoms with E-state index < -0.39 is 0 Å². The number of carbonyl (C=O) groups is 1. The highest BCUT2D eigenvalue weighted by molar-refractivity contribution is 5.82. The van der Waals surface area contributed by atoms with Crippen molar-refractivity contribution in [2.45, 2.75) is 32.2 Å². The Bertz CT molecular complexity index is 1100. The van der Waals surface area contributed by atoms with Crippen molar-refractivity contribution in [3.63, 3.8) is 0 Å². The first-order valence-electron chi connectivity index (χ1n) is 12.4. The van der Waals surface area contributed by atoms with Crippen LogP contribution < -0.4 is 10.1 Å². The van der Waals surface area contributed by atoms with Crippen LogP contribution in [0.1, 0.15) is 30.4 Å². The third-order valence-corrected chi connectivity index (χ3v) is 7.71. The molecule has 1 aliphatic carbocycles. The van der Waals surface area contributed by atoms with Crippen molar-refractivity contribution in [3.05, 3.63) is 90.0 Å². The average molecular weight is 455 g/mol. The summed E-state index contributed by atoms with van der Waals surface area (Å²) in [5.74, 6) is 1.32. The van der Waals surface area contributed by atoms with E-state index in [-0.39, 0.29) is 17.2 Å². The highest BCUT2D eigenvalue weighted by Crippen LogP contribution is 2.59. The lowest BCUT2D eigenvalue weighted by Crippen LogP contribution is -2.37. The first-order chi connectivity index (χ1) is 16.7. The molecule has 4 heteroatoms. The molecule has 176 valence electrons. The predicted octanol–water partition coefficient (Wildman–Crippen LogP) is 5.32. The molecule has 2 aliphatic rings. The van der Waals surface area contributed by atoms with Crippen LogP contribution in [0.5, 0.6) is 5.75 Å². The van der Waals surface area contributed by atoms with Gasteiger partial charge in [0.2, 0.25) is 5.91 Å².